The molecule has 0 radical (unpaired) electrons. The van der Waals surface area contributed by atoms with Crippen LogP contribution in [0.25, 0.3) is 0 Å². The number of hydrogen-bond donors (Lipinski definition) is 1. The molecule has 2 atom stereocenters. The Morgan fingerprint density at radius 1 is 1.39 bits per heavy atom. The summed E-state index contributed by atoms with van der Waals surface area (Å²) in [7, 11) is 1.64. The molecule has 0 saturated heterocycles. The van der Waals surface area contributed by atoms with E-state index in [4.69, 9.17) is 4.74 Å². The molecule has 1 N–H and O–H groups in total. The van der Waals surface area contributed by atoms with Gasteiger partial charge in [0.1, 0.15) is 10.5 Å². The van der Waals surface area contributed by atoms with Crippen LogP contribution in [0.1, 0.15) is 39.3 Å². The first kappa shape index (κ1) is 15.8. The van der Waals surface area contributed by atoms with E-state index in [0.717, 1.165) is 15.8 Å². The number of hydrogen-bond acceptors (Lipinski definition) is 3. The topological polar surface area (TPSA) is 44.3 Å². The number of ether oxygens (including phenoxy) is 1. The summed E-state index contributed by atoms with van der Waals surface area (Å²) in [5.41, 5.74) is 1.07. The van der Waals surface area contributed by atoms with Gasteiger partial charge in [0.05, 0.1) is 17.6 Å². The van der Waals surface area contributed by atoms with Gasteiger partial charge in [0.2, 0.25) is 0 Å². The van der Waals surface area contributed by atoms with Gasteiger partial charge in [-0.25, -0.2) is 0 Å². The first-order valence-electron chi connectivity index (χ1n) is 5.77. The fraction of sp³-hybridized carbons (Fsp3) is 0.538. The molecule has 0 saturated carbocycles. The minimum Gasteiger partial charge on any atom is -0.598 e. The van der Waals surface area contributed by atoms with Crippen molar-refractivity contribution < 1.29 is 9.29 Å². The van der Waals surface area contributed by atoms with Crippen molar-refractivity contribution in [1.82, 2.24) is 4.72 Å². The second kappa shape index (κ2) is 6.28. The van der Waals surface area contributed by atoms with E-state index in [1.807, 2.05) is 45.9 Å². The zero-order valence-corrected chi connectivity index (χ0v) is 13.8. The van der Waals surface area contributed by atoms with Crippen molar-refractivity contribution in [2.75, 3.05) is 7.11 Å². The third-order valence-electron chi connectivity index (χ3n) is 2.52. The van der Waals surface area contributed by atoms with E-state index in [1.54, 1.807) is 7.11 Å². The monoisotopic (exact) mass is 333 g/mol. The maximum atomic E-state index is 12.0. The second-order valence-corrected chi connectivity index (χ2v) is 7.97. The smallest absolute Gasteiger partial charge is 0.136 e. The Kier molecular flexibility index (Phi) is 5.52. The highest BCUT2D eigenvalue weighted by Crippen LogP contribution is 2.28. The molecular formula is C13H20BrNO2S. The Hall–Kier alpha value is -0.230. The minimum absolute atomic E-state index is 0.0206. The van der Waals surface area contributed by atoms with Gasteiger partial charge < -0.3 is 9.29 Å². The molecule has 0 amide bonds. The number of benzene rings is 1. The van der Waals surface area contributed by atoms with Gasteiger partial charge in [-0.3, -0.25) is 0 Å². The summed E-state index contributed by atoms with van der Waals surface area (Å²) in [4.78, 5) is 0. The van der Waals surface area contributed by atoms with Crippen LogP contribution >= 0.6 is 15.9 Å². The summed E-state index contributed by atoms with van der Waals surface area (Å²) in [6.45, 7) is 7.85. The second-order valence-electron chi connectivity index (χ2n) is 5.11. The largest absolute Gasteiger partial charge is 0.598 e. The molecule has 18 heavy (non-hydrogen) atoms. The Morgan fingerprint density at radius 3 is 2.44 bits per heavy atom. The van der Waals surface area contributed by atoms with E-state index >= 15 is 0 Å². The lowest BCUT2D eigenvalue weighted by Gasteiger charge is -2.26. The zero-order chi connectivity index (χ0) is 13.9. The number of methoxy groups -OCH3 is 1. The first-order valence-corrected chi connectivity index (χ1v) is 7.71. The third kappa shape index (κ3) is 4.16. The molecule has 0 aromatic heterocycles. The average molecular weight is 334 g/mol. The van der Waals surface area contributed by atoms with Gasteiger partial charge in [-0.15, -0.1) is 4.72 Å². The molecule has 1 aromatic rings. The highest BCUT2D eigenvalue weighted by Gasteiger charge is 2.28. The van der Waals surface area contributed by atoms with Crippen molar-refractivity contribution in [3.05, 3.63) is 28.2 Å². The maximum Gasteiger partial charge on any atom is 0.136 e. The number of nitrogens with one attached hydrogen (secondary N) is 1. The van der Waals surface area contributed by atoms with E-state index in [-0.39, 0.29) is 10.8 Å². The van der Waals surface area contributed by atoms with Crippen molar-refractivity contribution in [2.45, 2.75) is 38.5 Å². The van der Waals surface area contributed by atoms with Gasteiger partial charge in [-0.1, -0.05) is 6.07 Å². The van der Waals surface area contributed by atoms with Crippen molar-refractivity contribution >= 4 is 27.3 Å². The van der Waals surface area contributed by atoms with Gasteiger partial charge in [0.25, 0.3) is 0 Å². The molecule has 0 heterocycles. The fourth-order valence-corrected chi connectivity index (χ4v) is 2.73. The highest BCUT2D eigenvalue weighted by molar-refractivity contribution is 9.10. The van der Waals surface area contributed by atoms with Crippen molar-refractivity contribution in [2.24, 2.45) is 0 Å². The van der Waals surface area contributed by atoms with Gasteiger partial charge in [-0.2, -0.15) is 0 Å². The number of halogens is 1. The molecule has 0 bridgehead atoms. The highest BCUT2D eigenvalue weighted by atomic mass is 79.9. The first-order chi connectivity index (χ1) is 8.25. The molecule has 0 aliphatic heterocycles. The van der Waals surface area contributed by atoms with Crippen molar-refractivity contribution in [3.8, 4) is 5.75 Å². The molecular weight excluding hydrogens is 314 g/mol. The average Bonchev–Trinajstić information content (AvgIpc) is 2.27. The molecule has 0 aliphatic rings. The van der Waals surface area contributed by atoms with Gasteiger partial charge in [-0.05, 0) is 61.3 Å². The summed E-state index contributed by atoms with van der Waals surface area (Å²) >= 11 is 2.37. The molecule has 1 unspecified atom stereocenters. The van der Waals surface area contributed by atoms with Crippen LogP contribution in [0.2, 0.25) is 0 Å². The van der Waals surface area contributed by atoms with E-state index in [1.165, 1.54) is 0 Å². The Morgan fingerprint density at radius 2 is 2.00 bits per heavy atom. The normalized spacial score (nSPS) is 15.3. The summed E-state index contributed by atoms with van der Waals surface area (Å²) in [5.74, 6) is 0.794. The SMILES string of the molecule is COc1ccc([C@@H](C)N[S+]([O-])C(C)(C)C)cc1Br. The zero-order valence-electron chi connectivity index (χ0n) is 11.4. The predicted octanol–water partition coefficient (Wildman–Crippen LogP) is 3.57. The van der Waals surface area contributed by atoms with E-state index in [0.29, 0.717) is 0 Å². The third-order valence-corrected chi connectivity index (χ3v) is 4.82. The predicted molar refractivity (Wildman–Crippen MR) is 80.1 cm³/mol. The minimum atomic E-state index is -1.08. The van der Waals surface area contributed by atoms with Crippen LogP contribution in [0.5, 0.6) is 5.75 Å². The van der Waals surface area contributed by atoms with Crippen molar-refractivity contribution in [3.63, 3.8) is 0 Å². The molecule has 1 aromatic carbocycles. The summed E-state index contributed by atoms with van der Waals surface area (Å²) in [6.07, 6.45) is 0. The fourth-order valence-electron chi connectivity index (χ4n) is 1.36. The van der Waals surface area contributed by atoms with Crippen LogP contribution in [0.15, 0.2) is 22.7 Å². The van der Waals surface area contributed by atoms with E-state index in [9.17, 15) is 4.55 Å². The standard InChI is InChI=1S/C13H20BrNO2S/c1-9(15-18(16)13(2,3)4)10-6-7-12(17-5)11(14)8-10/h6-9,15H,1-5H3/t9-,18?/m1/s1. The van der Waals surface area contributed by atoms with E-state index < -0.39 is 11.4 Å². The Bertz CT molecular complexity index is 406. The molecule has 1 rings (SSSR count). The van der Waals surface area contributed by atoms with Gasteiger partial charge >= 0.3 is 0 Å². The van der Waals surface area contributed by atoms with Gasteiger partial charge in [0.15, 0.2) is 0 Å². The van der Waals surface area contributed by atoms with Crippen LogP contribution in [-0.4, -0.2) is 16.4 Å². The molecule has 0 spiro atoms. The Balaban J connectivity index is 2.79. The lowest BCUT2D eigenvalue weighted by Crippen LogP contribution is -2.40. The van der Waals surface area contributed by atoms with E-state index in [2.05, 4.69) is 20.7 Å². The maximum absolute atomic E-state index is 12.0. The van der Waals surface area contributed by atoms with Crippen LogP contribution < -0.4 is 9.46 Å². The molecule has 0 aliphatic carbocycles. The Labute approximate surface area is 121 Å². The molecule has 5 heteroatoms. The lowest BCUT2D eigenvalue weighted by atomic mass is 10.1. The quantitative estimate of drug-likeness (QED) is 0.856. The van der Waals surface area contributed by atoms with Gasteiger partial charge in [0, 0.05) is 11.4 Å². The molecule has 3 nitrogen and oxygen atoms in total. The van der Waals surface area contributed by atoms with Crippen LogP contribution in [0.4, 0.5) is 0 Å². The van der Waals surface area contributed by atoms with Crippen LogP contribution in [0, 0.1) is 0 Å². The molecule has 102 valence electrons. The van der Waals surface area contributed by atoms with Crippen LogP contribution in [-0.2, 0) is 11.4 Å². The summed E-state index contributed by atoms with van der Waals surface area (Å²) in [5, 5.41) is 0. The number of rotatable bonds is 4. The summed E-state index contributed by atoms with van der Waals surface area (Å²) < 4.78 is 21.0. The van der Waals surface area contributed by atoms with Crippen molar-refractivity contribution in [1.29, 1.82) is 0 Å². The summed E-state index contributed by atoms with van der Waals surface area (Å²) in [6, 6.07) is 5.88. The van der Waals surface area contributed by atoms with Crippen LogP contribution in [0.3, 0.4) is 0 Å². The molecule has 0 fully saturated rings. The lowest BCUT2D eigenvalue weighted by molar-refractivity contribution is 0.412.